The molecule has 1 aromatic carbocycles. The van der Waals surface area contributed by atoms with Gasteiger partial charge in [0.15, 0.2) is 0 Å². The largest absolute Gasteiger partial charge is 0.512 e. The molecule has 2 fully saturated rings. The Bertz CT molecular complexity index is 740. The third-order valence-electron chi connectivity index (χ3n) is 6.04. The topological polar surface area (TPSA) is 73.5 Å². The number of aliphatic hydroxyl groups is 2. The van der Waals surface area contributed by atoms with Crippen LogP contribution in [0.4, 0.5) is 0 Å². The molecule has 2 aliphatic carbocycles. The Morgan fingerprint density at radius 3 is 2.43 bits per heavy atom. The average molecular weight is 426 g/mol. The van der Waals surface area contributed by atoms with Gasteiger partial charge in [-0.1, -0.05) is 49.5 Å². The lowest BCUT2D eigenvalue weighted by molar-refractivity contribution is -0.0565. The molecule has 0 spiro atoms. The van der Waals surface area contributed by atoms with Crippen LogP contribution in [0.1, 0.15) is 51.5 Å². The van der Waals surface area contributed by atoms with Crippen molar-refractivity contribution < 1.29 is 14.9 Å². The maximum Gasteiger partial charge on any atom is 0.103 e. The number of rotatable bonds is 7. The summed E-state index contributed by atoms with van der Waals surface area (Å²) < 4.78 is 6.16. The fraction of sp³-hybridized carbons (Fsp3) is 0.591. The van der Waals surface area contributed by atoms with Gasteiger partial charge in [0.25, 0.3) is 0 Å². The zero-order valence-electron chi connectivity index (χ0n) is 16.4. The van der Waals surface area contributed by atoms with Crippen molar-refractivity contribution in [2.45, 2.75) is 58.2 Å². The molecule has 2 aliphatic rings. The number of ether oxygens (including phenoxy) is 1. The van der Waals surface area contributed by atoms with Gasteiger partial charge in [-0.15, -0.1) is 0 Å². The molecule has 0 bridgehead atoms. The van der Waals surface area contributed by atoms with Gasteiger partial charge in [-0.05, 0) is 49.7 Å². The van der Waals surface area contributed by atoms with Gasteiger partial charge in [-0.3, -0.25) is 5.41 Å². The summed E-state index contributed by atoms with van der Waals surface area (Å²) in [6.07, 6.45) is 4.02. The molecule has 4 atom stereocenters. The Balaban J connectivity index is 1.79. The first-order valence-corrected chi connectivity index (χ1v) is 10.8. The van der Waals surface area contributed by atoms with Gasteiger partial charge in [0, 0.05) is 17.1 Å². The molecule has 28 heavy (non-hydrogen) atoms. The van der Waals surface area contributed by atoms with E-state index in [-0.39, 0.29) is 48.0 Å². The molecule has 3 N–H and O–H groups in total. The minimum Gasteiger partial charge on any atom is -0.512 e. The molecule has 4 nitrogen and oxygen atoms in total. The summed E-state index contributed by atoms with van der Waals surface area (Å²) in [4.78, 5) is 0. The van der Waals surface area contributed by atoms with E-state index >= 15 is 0 Å². The van der Waals surface area contributed by atoms with Crippen LogP contribution in [0.3, 0.4) is 0 Å². The molecule has 6 heteroatoms. The van der Waals surface area contributed by atoms with Crippen LogP contribution in [0.2, 0.25) is 10.0 Å². The van der Waals surface area contributed by atoms with Crippen LogP contribution in [0.15, 0.2) is 29.5 Å². The van der Waals surface area contributed by atoms with Gasteiger partial charge < -0.3 is 14.9 Å². The fourth-order valence-corrected chi connectivity index (χ4v) is 4.69. The highest BCUT2D eigenvalue weighted by Gasteiger charge is 2.35. The van der Waals surface area contributed by atoms with Crippen LogP contribution in [0, 0.1) is 23.2 Å². The number of aliphatic hydroxyl groups excluding tert-OH is 2. The highest BCUT2D eigenvalue weighted by molar-refractivity contribution is 6.41. The normalized spacial score (nSPS) is 28.8. The van der Waals surface area contributed by atoms with Crippen molar-refractivity contribution in [1.82, 2.24) is 0 Å². The van der Waals surface area contributed by atoms with E-state index in [1.165, 1.54) is 0 Å². The monoisotopic (exact) mass is 425 g/mol. The minimum atomic E-state index is -0.292. The van der Waals surface area contributed by atoms with Crippen molar-refractivity contribution in [1.29, 1.82) is 5.41 Å². The molecule has 2 saturated carbocycles. The zero-order chi connectivity index (χ0) is 20.4. The third-order valence-corrected chi connectivity index (χ3v) is 6.67. The zero-order valence-corrected chi connectivity index (χ0v) is 17.9. The standard InChI is InChI=1S/C22H29Cl2NO3/c1-3-13-10-15(9-12(2)21(13)26)28-11-16(22(27)14-7-8-14)20(25)19-17(23)5-4-6-18(19)24/h4-6,12-15,21,25-27H,3,7-11H2,1-2H3/b22-16-,25-20?. The second kappa shape index (κ2) is 9.17. The van der Waals surface area contributed by atoms with Gasteiger partial charge in [0.1, 0.15) is 5.76 Å². The molecule has 1 aromatic rings. The molecular weight excluding hydrogens is 397 g/mol. The number of hydrogen-bond donors (Lipinski definition) is 3. The first-order chi connectivity index (χ1) is 13.3. The Hall–Kier alpha value is -1.07. The Labute approximate surface area is 177 Å². The second-order valence-corrected chi connectivity index (χ2v) is 8.96. The molecular formula is C22H29Cl2NO3. The predicted molar refractivity (Wildman–Crippen MR) is 114 cm³/mol. The van der Waals surface area contributed by atoms with E-state index < -0.39 is 0 Å². The summed E-state index contributed by atoms with van der Waals surface area (Å²) in [6, 6.07) is 5.13. The van der Waals surface area contributed by atoms with Crippen LogP contribution >= 0.6 is 23.2 Å². The van der Waals surface area contributed by atoms with Gasteiger partial charge >= 0.3 is 0 Å². The minimum absolute atomic E-state index is 0.000120. The van der Waals surface area contributed by atoms with Crippen LogP contribution < -0.4 is 0 Å². The molecule has 4 unspecified atom stereocenters. The second-order valence-electron chi connectivity index (χ2n) is 8.15. The maximum atomic E-state index is 10.7. The van der Waals surface area contributed by atoms with Crippen molar-refractivity contribution >= 4 is 28.9 Å². The molecule has 0 radical (unpaired) electrons. The lowest BCUT2D eigenvalue weighted by Gasteiger charge is -2.37. The summed E-state index contributed by atoms with van der Waals surface area (Å²) in [5, 5.41) is 30.5. The van der Waals surface area contributed by atoms with Gasteiger partial charge in [0.05, 0.1) is 34.6 Å². The van der Waals surface area contributed by atoms with Gasteiger partial charge in [0.2, 0.25) is 0 Å². The fourth-order valence-electron chi connectivity index (χ4n) is 4.10. The number of allylic oxidation sites excluding steroid dienone is 1. The maximum absolute atomic E-state index is 10.7. The third kappa shape index (κ3) is 4.73. The summed E-state index contributed by atoms with van der Waals surface area (Å²) in [6.45, 7) is 4.28. The number of benzene rings is 1. The summed E-state index contributed by atoms with van der Waals surface area (Å²) in [5.41, 5.74) is 1.01. The van der Waals surface area contributed by atoms with E-state index in [4.69, 9.17) is 33.3 Å². The number of nitrogens with one attached hydrogen (secondary N) is 1. The smallest absolute Gasteiger partial charge is 0.103 e. The molecule has 0 heterocycles. The first kappa shape index (κ1) is 21.6. The molecule has 0 saturated heterocycles. The SMILES string of the molecule is CCC1CC(OC/C(C(=N)c2c(Cl)cccc2Cl)=C(/O)C2CC2)CC(C)C1O. The molecule has 3 rings (SSSR count). The number of halogens is 2. The molecule has 0 aromatic heterocycles. The van der Waals surface area contributed by atoms with Crippen LogP contribution in [-0.4, -0.2) is 34.7 Å². The Kier molecular flexibility index (Phi) is 7.08. The van der Waals surface area contributed by atoms with E-state index in [0.29, 0.717) is 21.2 Å². The van der Waals surface area contributed by atoms with E-state index in [1.54, 1.807) is 18.2 Å². The first-order valence-electron chi connectivity index (χ1n) is 10.1. The van der Waals surface area contributed by atoms with Crippen LogP contribution in [-0.2, 0) is 4.74 Å². The summed E-state index contributed by atoms with van der Waals surface area (Å²) in [7, 11) is 0. The molecule has 0 aliphatic heterocycles. The molecule has 0 amide bonds. The lowest BCUT2D eigenvalue weighted by Crippen LogP contribution is -2.39. The molecule has 154 valence electrons. The highest BCUT2D eigenvalue weighted by Crippen LogP contribution is 2.39. The van der Waals surface area contributed by atoms with Gasteiger partial charge in [-0.25, -0.2) is 0 Å². The van der Waals surface area contributed by atoms with E-state index in [2.05, 4.69) is 6.92 Å². The quantitative estimate of drug-likeness (QED) is 0.382. The van der Waals surface area contributed by atoms with Crippen molar-refractivity contribution in [3.8, 4) is 0 Å². The van der Waals surface area contributed by atoms with Gasteiger partial charge in [-0.2, -0.15) is 0 Å². The van der Waals surface area contributed by atoms with E-state index in [1.807, 2.05) is 6.92 Å². The highest BCUT2D eigenvalue weighted by atomic mass is 35.5. The summed E-state index contributed by atoms with van der Waals surface area (Å²) in [5.74, 6) is 0.703. The Morgan fingerprint density at radius 2 is 1.86 bits per heavy atom. The van der Waals surface area contributed by atoms with Crippen molar-refractivity contribution in [3.05, 3.63) is 45.1 Å². The van der Waals surface area contributed by atoms with E-state index in [9.17, 15) is 10.2 Å². The number of hydrogen-bond acceptors (Lipinski definition) is 4. The van der Waals surface area contributed by atoms with Crippen molar-refractivity contribution in [2.24, 2.45) is 17.8 Å². The lowest BCUT2D eigenvalue weighted by atomic mass is 9.77. The van der Waals surface area contributed by atoms with Crippen LogP contribution in [0.5, 0.6) is 0 Å². The average Bonchev–Trinajstić information content (AvgIpc) is 3.49. The Morgan fingerprint density at radius 1 is 1.21 bits per heavy atom. The van der Waals surface area contributed by atoms with E-state index in [0.717, 1.165) is 32.1 Å². The summed E-state index contributed by atoms with van der Waals surface area (Å²) >= 11 is 12.6. The van der Waals surface area contributed by atoms with Crippen LogP contribution in [0.25, 0.3) is 0 Å². The van der Waals surface area contributed by atoms with Crippen molar-refractivity contribution in [2.75, 3.05) is 6.61 Å². The predicted octanol–water partition coefficient (Wildman–Crippen LogP) is 5.79. The van der Waals surface area contributed by atoms with Crippen molar-refractivity contribution in [3.63, 3.8) is 0 Å².